The van der Waals surface area contributed by atoms with E-state index in [1.807, 2.05) is 74.6 Å². The molecule has 1 rings (SSSR count). The zero-order chi connectivity index (χ0) is 14.0. The van der Waals surface area contributed by atoms with Gasteiger partial charge in [-0.05, 0) is 25.5 Å². The summed E-state index contributed by atoms with van der Waals surface area (Å²) in [5.41, 5.74) is 2.38. The van der Waals surface area contributed by atoms with Gasteiger partial charge in [0, 0.05) is 11.9 Å². The first-order valence-electron chi connectivity index (χ1n) is 6.69. The molecular weight excluding hydrogens is 194 g/mol. The minimum Gasteiger partial charge on any atom is -0.261 e. The first-order chi connectivity index (χ1) is 7.80. The van der Waals surface area contributed by atoms with Gasteiger partial charge < -0.3 is 0 Å². The number of rotatable bonds is 0. The van der Waals surface area contributed by atoms with E-state index in [1.54, 1.807) is 0 Å². The molecule has 98 valence electrons. The fourth-order valence-electron chi connectivity index (χ4n) is 0.565. The van der Waals surface area contributed by atoms with E-state index in [9.17, 15) is 0 Å². The molecule has 1 heterocycles. The Hall–Kier alpha value is -0.850. The van der Waals surface area contributed by atoms with E-state index in [2.05, 4.69) is 18.0 Å². The van der Waals surface area contributed by atoms with Crippen LogP contribution in [0.15, 0.2) is 18.3 Å². The van der Waals surface area contributed by atoms with Crippen LogP contribution in [0.1, 0.15) is 66.6 Å². The van der Waals surface area contributed by atoms with Crippen molar-refractivity contribution in [2.75, 3.05) is 0 Å². The summed E-state index contributed by atoms with van der Waals surface area (Å²) in [6.07, 6.45) is 1.81. The Morgan fingerprint density at radius 3 is 1.31 bits per heavy atom. The van der Waals surface area contributed by atoms with Crippen LogP contribution in [0.4, 0.5) is 0 Å². The van der Waals surface area contributed by atoms with Crippen LogP contribution in [0.2, 0.25) is 0 Å². The van der Waals surface area contributed by atoms with Crippen molar-refractivity contribution in [2.24, 2.45) is 0 Å². The highest BCUT2D eigenvalue weighted by Gasteiger charge is 1.85. The molecule has 0 saturated heterocycles. The van der Waals surface area contributed by atoms with Crippen LogP contribution in [-0.2, 0) is 0 Å². The van der Waals surface area contributed by atoms with Crippen LogP contribution in [0.25, 0.3) is 0 Å². The normalized spacial score (nSPS) is 6.12. The van der Waals surface area contributed by atoms with Crippen molar-refractivity contribution in [1.29, 1.82) is 0 Å². The largest absolute Gasteiger partial charge is 0.261 e. The topological polar surface area (TPSA) is 12.9 Å². The zero-order valence-electron chi connectivity index (χ0n) is 13.2. The number of aromatic nitrogens is 1. The summed E-state index contributed by atoms with van der Waals surface area (Å²) in [5, 5.41) is 0. The Balaban J connectivity index is -0.0000000771. The summed E-state index contributed by atoms with van der Waals surface area (Å²) in [4.78, 5) is 4.08. The van der Waals surface area contributed by atoms with Crippen LogP contribution in [0.5, 0.6) is 0 Å². The molecule has 1 nitrogen and oxygen atoms in total. The van der Waals surface area contributed by atoms with E-state index in [0.717, 1.165) is 5.69 Å². The molecule has 0 unspecified atom stereocenters. The molecule has 0 N–H and O–H groups in total. The maximum atomic E-state index is 4.08. The lowest BCUT2D eigenvalue weighted by molar-refractivity contribution is 1.15. The number of hydrogen-bond donors (Lipinski definition) is 0. The van der Waals surface area contributed by atoms with Gasteiger partial charge in [0.2, 0.25) is 0 Å². The minimum absolute atomic E-state index is 1.12. The Morgan fingerprint density at radius 2 is 1.12 bits per heavy atom. The predicted molar refractivity (Wildman–Crippen MR) is 79.1 cm³/mol. The maximum absolute atomic E-state index is 4.08. The van der Waals surface area contributed by atoms with Crippen LogP contribution < -0.4 is 0 Å². The van der Waals surface area contributed by atoms with Gasteiger partial charge in [-0.3, -0.25) is 4.98 Å². The van der Waals surface area contributed by atoms with Gasteiger partial charge in [0.1, 0.15) is 0 Å². The van der Waals surface area contributed by atoms with Crippen LogP contribution in [0, 0.1) is 13.8 Å². The Kier molecular flexibility index (Phi) is 44.6. The number of pyridine rings is 1. The summed E-state index contributed by atoms with van der Waals surface area (Å²) < 4.78 is 0. The standard InChI is InChI=1S/C7H9N.4C2H6/c1-6-4-3-5-8-7(6)2;4*1-2/h3-5H,1-2H3;4*1-2H3. The SMILES string of the molecule is CC.CC.CC.CC.Cc1cccnc1C. The third kappa shape index (κ3) is 18.8. The lowest BCUT2D eigenvalue weighted by atomic mass is 10.2. The molecule has 0 saturated carbocycles. The van der Waals surface area contributed by atoms with Crippen LogP contribution >= 0.6 is 0 Å². The van der Waals surface area contributed by atoms with Gasteiger partial charge in [0.15, 0.2) is 0 Å². The quantitative estimate of drug-likeness (QED) is 0.545. The summed E-state index contributed by atoms with van der Waals surface area (Å²) >= 11 is 0. The van der Waals surface area contributed by atoms with Crippen LogP contribution in [-0.4, -0.2) is 4.98 Å². The predicted octanol–water partition coefficient (Wildman–Crippen LogP) is 5.80. The monoisotopic (exact) mass is 227 g/mol. The Labute approximate surface area is 104 Å². The second-order valence-electron chi connectivity index (χ2n) is 1.91. The maximum Gasteiger partial charge on any atom is 0.0401 e. The molecule has 1 heteroatoms. The molecule has 16 heavy (non-hydrogen) atoms. The van der Waals surface area contributed by atoms with Crippen molar-refractivity contribution >= 4 is 0 Å². The third-order valence-corrected chi connectivity index (χ3v) is 1.27. The Morgan fingerprint density at radius 1 is 0.750 bits per heavy atom. The van der Waals surface area contributed by atoms with Gasteiger partial charge in [0.05, 0.1) is 0 Å². The van der Waals surface area contributed by atoms with Gasteiger partial charge in [0.25, 0.3) is 0 Å². The van der Waals surface area contributed by atoms with E-state index in [4.69, 9.17) is 0 Å². The number of aryl methyl sites for hydroxylation is 2. The van der Waals surface area contributed by atoms with Crippen molar-refractivity contribution in [3.8, 4) is 0 Å². The van der Waals surface area contributed by atoms with Crippen molar-refractivity contribution in [3.05, 3.63) is 29.6 Å². The van der Waals surface area contributed by atoms with E-state index in [1.165, 1.54) is 5.56 Å². The van der Waals surface area contributed by atoms with Gasteiger partial charge >= 0.3 is 0 Å². The highest BCUT2D eigenvalue weighted by molar-refractivity contribution is 5.15. The van der Waals surface area contributed by atoms with Gasteiger partial charge in [-0.2, -0.15) is 0 Å². The minimum atomic E-state index is 1.12. The fraction of sp³-hybridized carbons (Fsp3) is 0.667. The first kappa shape index (κ1) is 24.4. The molecule has 0 aliphatic heterocycles. The molecule has 0 bridgehead atoms. The second kappa shape index (κ2) is 29.2. The molecule has 0 spiro atoms. The van der Waals surface area contributed by atoms with Crippen molar-refractivity contribution < 1.29 is 0 Å². The highest BCUT2D eigenvalue weighted by Crippen LogP contribution is 1.98. The number of hydrogen-bond acceptors (Lipinski definition) is 1. The first-order valence-corrected chi connectivity index (χ1v) is 6.69. The molecule has 0 aliphatic rings. The van der Waals surface area contributed by atoms with Crippen molar-refractivity contribution in [2.45, 2.75) is 69.2 Å². The lowest BCUT2D eigenvalue weighted by Gasteiger charge is -1.92. The van der Waals surface area contributed by atoms with Gasteiger partial charge in [-0.15, -0.1) is 0 Å². The molecule has 1 aromatic heterocycles. The molecule has 0 radical (unpaired) electrons. The molecule has 0 aliphatic carbocycles. The smallest absolute Gasteiger partial charge is 0.0401 e. The van der Waals surface area contributed by atoms with E-state index in [0.29, 0.717) is 0 Å². The third-order valence-electron chi connectivity index (χ3n) is 1.27. The summed E-state index contributed by atoms with van der Waals surface area (Å²) in [7, 11) is 0. The Bertz CT molecular complexity index is 162. The summed E-state index contributed by atoms with van der Waals surface area (Å²) in [5.74, 6) is 0. The van der Waals surface area contributed by atoms with Crippen molar-refractivity contribution in [1.82, 2.24) is 4.98 Å². The van der Waals surface area contributed by atoms with Gasteiger partial charge in [-0.1, -0.05) is 61.5 Å². The van der Waals surface area contributed by atoms with E-state index < -0.39 is 0 Å². The summed E-state index contributed by atoms with van der Waals surface area (Å²) in [6, 6.07) is 4.00. The van der Waals surface area contributed by atoms with Gasteiger partial charge in [-0.25, -0.2) is 0 Å². The molecule has 1 aromatic rings. The van der Waals surface area contributed by atoms with E-state index >= 15 is 0 Å². The molecule has 0 amide bonds. The van der Waals surface area contributed by atoms with Crippen LogP contribution in [0.3, 0.4) is 0 Å². The highest BCUT2D eigenvalue weighted by atomic mass is 14.6. The fourth-order valence-corrected chi connectivity index (χ4v) is 0.565. The summed E-state index contributed by atoms with van der Waals surface area (Å²) in [6.45, 7) is 20.1. The molecule has 0 atom stereocenters. The molecular formula is C15H33N. The second-order valence-corrected chi connectivity index (χ2v) is 1.91. The van der Waals surface area contributed by atoms with Crippen molar-refractivity contribution in [3.63, 3.8) is 0 Å². The average molecular weight is 227 g/mol. The lowest BCUT2D eigenvalue weighted by Crippen LogP contribution is -1.81. The van der Waals surface area contributed by atoms with E-state index in [-0.39, 0.29) is 0 Å². The molecule has 0 aromatic carbocycles. The molecule has 0 fully saturated rings. The average Bonchev–Trinajstić information content (AvgIpc) is 2.42. The zero-order valence-corrected chi connectivity index (χ0v) is 13.2. The number of nitrogens with zero attached hydrogens (tertiary/aromatic N) is 1.